The van der Waals surface area contributed by atoms with Gasteiger partial charge in [-0.15, -0.1) is 0 Å². The van der Waals surface area contributed by atoms with Crippen LogP contribution in [0.25, 0.3) is 11.1 Å². The first kappa shape index (κ1) is 11.8. The summed E-state index contributed by atoms with van der Waals surface area (Å²) in [4.78, 5) is 10.9. The SMILES string of the molecule is N#Cc1ccccc1-c1ccc(F)c(C(=O)O)c1. The minimum Gasteiger partial charge on any atom is -0.478 e. The number of benzene rings is 2. The Labute approximate surface area is 103 Å². The Hall–Kier alpha value is -2.67. The molecule has 0 aliphatic carbocycles. The molecule has 0 unspecified atom stereocenters. The zero-order valence-electron chi connectivity index (χ0n) is 9.22. The molecule has 2 aromatic rings. The molecule has 0 aromatic heterocycles. The maximum Gasteiger partial charge on any atom is 0.338 e. The lowest BCUT2D eigenvalue weighted by Crippen LogP contribution is -2.00. The van der Waals surface area contributed by atoms with E-state index in [0.29, 0.717) is 16.7 Å². The van der Waals surface area contributed by atoms with Gasteiger partial charge in [-0.3, -0.25) is 0 Å². The van der Waals surface area contributed by atoms with Crippen molar-refractivity contribution in [2.45, 2.75) is 0 Å². The first-order chi connectivity index (χ1) is 8.63. The van der Waals surface area contributed by atoms with E-state index in [4.69, 9.17) is 10.4 Å². The Morgan fingerprint density at radius 1 is 1.22 bits per heavy atom. The summed E-state index contributed by atoms with van der Waals surface area (Å²) >= 11 is 0. The van der Waals surface area contributed by atoms with Gasteiger partial charge in [-0.05, 0) is 29.3 Å². The van der Waals surface area contributed by atoms with E-state index in [2.05, 4.69) is 0 Å². The second kappa shape index (κ2) is 4.68. The Kier molecular flexibility index (Phi) is 3.07. The number of aromatic carboxylic acids is 1. The topological polar surface area (TPSA) is 61.1 Å². The molecule has 0 heterocycles. The summed E-state index contributed by atoms with van der Waals surface area (Å²) in [6.45, 7) is 0. The monoisotopic (exact) mass is 241 g/mol. The molecule has 0 saturated heterocycles. The molecule has 0 spiro atoms. The van der Waals surface area contributed by atoms with Crippen molar-refractivity contribution in [1.29, 1.82) is 5.26 Å². The third-order valence-electron chi connectivity index (χ3n) is 2.56. The Balaban J connectivity index is 2.62. The van der Waals surface area contributed by atoms with E-state index in [0.717, 1.165) is 6.07 Å². The molecule has 18 heavy (non-hydrogen) atoms. The fourth-order valence-corrected chi connectivity index (χ4v) is 1.69. The first-order valence-electron chi connectivity index (χ1n) is 5.16. The number of carboxylic acids is 1. The van der Waals surface area contributed by atoms with Crippen molar-refractivity contribution in [3.05, 3.63) is 59.4 Å². The highest BCUT2D eigenvalue weighted by Crippen LogP contribution is 2.25. The fraction of sp³-hybridized carbons (Fsp3) is 0. The van der Waals surface area contributed by atoms with Gasteiger partial charge in [0.05, 0.1) is 17.2 Å². The summed E-state index contributed by atoms with van der Waals surface area (Å²) in [6, 6.07) is 12.6. The van der Waals surface area contributed by atoms with Gasteiger partial charge < -0.3 is 5.11 Å². The lowest BCUT2D eigenvalue weighted by Gasteiger charge is -2.05. The van der Waals surface area contributed by atoms with Crippen LogP contribution in [0.1, 0.15) is 15.9 Å². The number of carboxylic acid groups (broad SMARTS) is 1. The van der Waals surface area contributed by atoms with Crippen LogP contribution in [0.5, 0.6) is 0 Å². The molecule has 88 valence electrons. The number of halogens is 1. The molecule has 0 fully saturated rings. The second-order valence-corrected chi connectivity index (χ2v) is 3.66. The van der Waals surface area contributed by atoms with Gasteiger partial charge in [-0.2, -0.15) is 5.26 Å². The van der Waals surface area contributed by atoms with E-state index in [1.165, 1.54) is 12.1 Å². The predicted octanol–water partition coefficient (Wildman–Crippen LogP) is 3.06. The summed E-state index contributed by atoms with van der Waals surface area (Å²) < 4.78 is 13.3. The summed E-state index contributed by atoms with van der Waals surface area (Å²) in [5.41, 5.74) is 1.11. The van der Waals surface area contributed by atoms with Crippen LogP contribution in [0.15, 0.2) is 42.5 Å². The van der Waals surface area contributed by atoms with Gasteiger partial charge in [0, 0.05) is 0 Å². The van der Waals surface area contributed by atoms with Gasteiger partial charge >= 0.3 is 5.97 Å². The largest absolute Gasteiger partial charge is 0.478 e. The summed E-state index contributed by atoms with van der Waals surface area (Å²) in [5, 5.41) is 17.8. The lowest BCUT2D eigenvalue weighted by molar-refractivity contribution is 0.0692. The van der Waals surface area contributed by atoms with Crippen molar-refractivity contribution >= 4 is 5.97 Å². The normalized spacial score (nSPS) is 9.78. The van der Waals surface area contributed by atoms with Gasteiger partial charge in [0.2, 0.25) is 0 Å². The number of hydrogen-bond acceptors (Lipinski definition) is 2. The summed E-state index contributed by atoms with van der Waals surface area (Å²) in [7, 11) is 0. The highest BCUT2D eigenvalue weighted by Gasteiger charge is 2.12. The molecule has 0 aliphatic rings. The highest BCUT2D eigenvalue weighted by molar-refractivity contribution is 5.90. The van der Waals surface area contributed by atoms with E-state index in [1.807, 2.05) is 6.07 Å². The van der Waals surface area contributed by atoms with Crippen LogP contribution in [0.2, 0.25) is 0 Å². The van der Waals surface area contributed by atoms with E-state index >= 15 is 0 Å². The quantitative estimate of drug-likeness (QED) is 0.878. The van der Waals surface area contributed by atoms with E-state index in [9.17, 15) is 9.18 Å². The number of carbonyl (C=O) groups is 1. The Morgan fingerprint density at radius 3 is 2.61 bits per heavy atom. The molecule has 4 heteroatoms. The van der Waals surface area contributed by atoms with Crippen LogP contribution in [-0.2, 0) is 0 Å². The van der Waals surface area contributed by atoms with Crippen molar-refractivity contribution in [2.24, 2.45) is 0 Å². The number of rotatable bonds is 2. The van der Waals surface area contributed by atoms with Crippen LogP contribution in [-0.4, -0.2) is 11.1 Å². The van der Waals surface area contributed by atoms with Crippen LogP contribution < -0.4 is 0 Å². The zero-order chi connectivity index (χ0) is 13.1. The predicted molar refractivity (Wildman–Crippen MR) is 63.5 cm³/mol. The second-order valence-electron chi connectivity index (χ2n) is 3.66. The molecule has 0 aliphatic heterocycles. The number of hydrogen-bond donors (Lipinski definition) is 1. The molecule has 0 saturated carbocycles. The minimum absolute atomic E-state index is 0.403. The molecule has 0 atom stereocenters. The number of nitriles is 1. The van der Waals surface area contributed by atoms with Crippen LogP contribution in [0.4, 0.5) is 4.39 Å². The smallest absolute Gasteiger partial charge is 0.338 e. The molecular weight excluding hydrogens is 233 g/mol. The van der Waals surface area contributed by atoms with Crippen LogP contribution in [0, 0.1) is 17.1 Å². The van der Waals surface area contributed by atoms with Gasteiger partial charge in [0.25, 0.3) is 0 Å². The first-order valence-corrected chi connectivity index (χ1v) is 5.16. The minimum atomic E-state index is -1.33. The standard InChI is InChI=1S/C14H8FNO2/c15-13-6-5-9(7-12(13)14(17)18)11-4-2-1-3-10(11)8-16/h1-7H,(H,17,18). The zero-order valence-corrected chi connectivity index (χ0v) is 9.22. The summed E-state index contributed by atoms with van der Waals surface area (Å²) in [6.07, 6.45) is 0. The van der Waals surface area contributed by atoms with Crippen molar-refractivity contribution in [1.82, 2.24) is 0 Å². The molecule has 2 rings (SSSR count). The van der Waals surface area contributed by atoms with Crippen LogP contribution in [0.3, 0.4) is 0 Å². The highest BCUT2D eigenvalue weighted by atomic mass is 19.1. The van der Waals surface area contributed by atoms with Crippen molar-refractivity contribution in [2.75, 3.05) is 0 Å². The Morgan fingerprint density at radius 2 is 1.94 bits per heavy atom. The fourth-order valence-electron chi connectivity index (χ4n) is 1.69. The van der Waals surface area contributed by atoms with Crippen molar-refractivity contribution < 1.29 is 14.3 Å². The third kappa shape index (κ3) is 2.06. The van der Waals surface area contributed by atoms with Crippen molar-refractivity contribution in [3.63, 3.8) is 0 Å². The lowest BCUT2D eigenvalue weighted by atomic mass is 9.98. The van der Waals surface area contributed by atoms with E-state index in [-0.39, 0.29) is 0 Å². The van der Waals surface area contributed by atoms with Crippen molar-refractivity contribution in [3.8, 4) is 17.2 Å². The Bertz CT molecular complexity index is 659. The average Bonchev–Trinajstić information content (AvgIpc) is 2.39. The summed E-state index contributed by atoms with van der Waals surface area (Å²) in [5.74, 6) is -2.12. The molecule has 0 radical (unpaired) electrons. The average molecular weight is 241 g/mol. The molecular formula is C14H8FNO2. The maximum atomic E-state index is 13.3. The molecule has 0 bridgehead atoms. The molecule has 3 nitrogen and oxygen atoms in total. The van der Waals surface area contributed by atoms with Gasteiger partial charge in [0.1, 0.15) is 5.82 Å². The van der Waals surface area contributed by atoms with Gasteiger partial charge in [-0.25, -0.2) is 9.18 Å². The number of nitrogens with zero attached hydrogens (tertiary/aromatic N) is 1. The van der Waals surface area contributed by atoms with E-state index < -0.39 is 17.3 Å². The maximum absolute atomic E-state index is 13.3. The third-order valence-corrected chi connectivity index (χ3v) is 2.56. The molecule has 2 aromatic carbocycles. The van der Waals surface area contributed by atoms with Crippen LogP contribution >= 0.6 is 0 Å². The molecule has 1 N–H and O–H groups in total. The molecule has 0 amide bonds. The van der Waals surface area contributed by atoms with Gasteiger partial charge in [0.15, 0.2) is 0 Å². The van der Waals surface area contributed by atoms with Gasteiger partial charge in [-0.1, -0.05) is 24.3 Å². The van der Waals surface area contributed by atoms with E-state index in [1.54, 1.807) is 24.3 Å².